The average molecular weight is 251 g/mol. The Kier molecular flexibility index (Phi) is 5.34. The van der Waals surface area contributed by atoms with Crippen molar-refractivity contribution in [2.75, 3.05) is 51.0 Å². The molecular formula is C13H25N5. The number of aromatic nitrogens is 2. The molecule has 0 aliphatic heterocycles. The van der Waals surface area contributed by atoms with E-state index in [-0.39, 0.29) is 0 Å². The van der Waals surface area contributed by atoms with Gasteiger partial charge in [0.1, 0.15) is 17.5 Å². The van der Waals surface area contributed by atoms with E-state index in [1.165, 1.54) is 0 Å². The molecule has 1 heterocycles. The summed E-state index contributed by atoms with van der Waals surface area (Å²) in [5, 5.41) is 3.29. The molecule has 0 aliphatic rings. The van der Waals surface area contributed by atoms with Crippen molar-refractivity contribution in [1.29, 1.82) is 0 Å². The SMILES string of the molecule is CCNc1nc(C)nc(N(C)CCN(C)C)c1C. The lowest BCUT2D eigenvalue weighted by Crippen LogP contribution is -2.30. The standard InChI is InChI=1S/C13H25N5/c1-7-14-12-10(2)13(16-11(3)15-12)18(6)9-8-17(4)5/h7-9H2,1-6H3,(H,14,15,16). The zero-order valence-electron chi connectivity index (χ0n) is 12.4. The molecule has 0 aromatic carbocycles. The minimum Gasteiger partial charge on any atom is -0.370 e. The van der Waals surface area contributed by atoms with Gasteiger partial charge in [0.15, 0.2) is 0 Å². The number of nitrogens with zero attached hydrogens (tertiary/aromatic N) is 4. The normalized spacial score (nSPS) is 10.8. The van der Waals surface area contributed by atoms with Crippen LogP contribution in [0.5, 0.6) is 0 Å². The van der Waals surface area contributed by atoms with Crippen LogP contribution >= 0.6 is 0 Å². The molecule has 1 N–H and O–H groups in total. The molecule has 1 aromatic rings. The summed E-state index contributed by atoms with van der Waals surface area (Å²) in [5.41, 5.74) is 1.11. The minimum atomic E-state index is 0.809. The molecule has 0 bridgehead atoms. The quantitative estimate of drug-likeness (QED) is 0.830. The van der Waals surface area contributed by atoms with Crippen molar-refractivity contribution in [3.63, 3.8) is 0 Å². The lowest BCUT2D eigenvalue weighted by Gasteiger charge is -2.23. The second-order valence-electron chi connectivity index (χ2n) is 4.82. The monoisotopic (exact) mass is 251 g/mol. The third kappa shape index (κ3) is 3.84. The molecule has 0 saturated carbocycles. The number of hydrogen-bond acceptors (Lipinski definition) is 5. The van der Waals surface area contributed by atoms with Crippen LogP contribution in [-0.4, -0.2) is 55.6 Å². The van der Waals surface area contributed by atoms with Crippen LogP contribution in [0.1, 0.15) is 18.3 Å². The van der Waals surface area contributed by atoms with E-state index < -0.39 is 0 Å². The van der Waals surface area contributed by atoms with Crippen LogP contribution < -0.4 is 10.2 Å². The second kappa shape index (κ2) is 6.54. The van der Waals surface area contributed by atoms with Gasteiger partial charge in [0.05, 0.1) is 0 Å². The number of rotatable bonds is 6. The summed E-state index contributed by atoms with van der Waals surface area (Å²) < 4.78 is 0. The Labute approximate surface area is 110 Å². The van der Waals surface area contributed by atoms with E-state index in [9.17, 15) is 0 Å². The molecule has 1 rings (SSSR count). The molecule has 0 amide bonds. The van der Waals surface area contributed by atoms with Gasteiger partial charge in [0.25, 0.3) is 0 Å². The predicted octanol–water partition coefficient (Wildman–Crippen LogP) is 1.52. The van der Waals surface area contributed by atoms with Gasteiger partial charge in [0, 0.05) is 32.2 Å². The van der Waals surface area contributed by atoms with Crippen LogP contribution in [0.4, 0.5) is 11.6 Å². The minimum absolute atomic E-state index is 0.809. The number of hydrogen-bond donors (Lipinski definition) is 1. The zero-order valence-corrected chi connectivity index (χ0v) is 12.4. The zero-order chi connectivity index (χ0) is 13.7. The second-order valence-corrected chi connectivity index (χ2v) is 4.82. The molecule has 0 radical (unpaired) electrons. The van der Waals surface area contributed by atoms with Gasteiger partial charge in [-0.25, -0.2) is 9.97 Å². The van der Waals surface area contributed by atoms with Crippen molar-refractivity contribution in [3.8, 4) is 0 Å². The third-order valence-electron chi connectivity index (χ3n) is 2.82. The van der Waals surface area contributed by atoms with Gasteiger partial charge in [0.2, 0.25) is 0 Å². The molecule has 0 atom stereocenters. The van der Waals surface area contributed by atoms with E-state index in [1.54, 1.807) is 0 Å². The van der Waals surface area contributed by atoms with Crippen LogP contribution in [0.15, 0.2) is 0 Å². The van der Waals surface area contributed by atoms with Gasteiger partial charge in [-0.05, 0) is 34.9 Å². The first kappa shape index (κ1) is 14.7. The topological polar surface area (TPSA) is 44.3 Å². The third-order valence-corrected chi connectivity index (χ3v) is 2.82. The molecule has 5 nitrogen and oxygen atoms in total. The molecule has 102 valence electrons. The van der Waals surface area contributed by atoms with E-state index >= 15 is 0 Å². The van der Waals surface area contributed by atoms with Gasteiger partial charge in [-0.1, -0.05) is 0 Å². The largest absolute Gasteiger partial charge is 0.370 e. The highest BCUT2D eigenvalue weighted by Gasteiger charge is 2.12. The Morgan fingerprint density at radius 3 is 2.28 bits per heavy atom. The Balaban J connectivity index is 2.93. The van der Waals surface area contributed by atoms with E-state index in [0.29, 0.717) is 0 Å². The maximum atomic E-state index is 4.55. The highest BCUT2D eigenvalue weighted by molar-refractivity contribution is 5.58. The molecule has 1 aromatic heterocycles. The van der Waals surface area contributed by atoms with Crippen molar-refractivity contribution in [2.45, 2.75) is 20.8 Å². The summed E-state index contributed by atoms with van der Waals surface area (Å²) in [5.74, 6) is 2.76. The van der Waals surface area contributed by atoms with Crippen molar-refractivity contribution in [3.05, 3.63) is 11.4 Å². The molecule has 0 aliphatic carbocycles. The molecule has 0 unspecified atom stereocenters. The first-order valence-corrected chi connectivity index (χ1v) is 6.40. The first-order valence-electron chi connectivity index (χ1n) is 6.40. The number of nitrogens with one attached hydrogen (secondary N) is 1. The van der Waals surface area contributed by atoms with Crippen LogP contribution in [0.3, 0.4) is 0 Å². The number of aryl methyl sites for hydroxylation is 1. The lowest BCUT2D eigenvalue weighted by atomic mass is 10.2. The maximum Gasteiger partial charge on any atom is 0.137 e. The van der Waals surface area contributed by atoms with E-state index in [4.69, 9.17) is 0 Å². The summed E-state index contributed by atoms with van der Waals surface area (Å²) in [7, 11) is 6.24. The highest BCUT2D eigenvalue weighted by Crippen LogP contribution is 2.22. The molecule has 5 heteroatoms. The van der Waals surface area contributed by atoms with Gasteiger partial charge in [-0.3, -0.25) is 0 Å². The van der Waals surface area contributed by atoms with Crippen molar-refractivity contribution < 1.29 is 0 Å². The summed E-state index contributed by atoms with van der Waals surface area (Å²) in [6, 6.07) is 0. The lowest BCUT2D eigenvalue weighted by molar-refractivity contribution is 0.416. The molecular weight excluding hydrogens is 226 g/mol. The molecule has 18 heavy (non-hydrogen) atoms. The van der Waals surface area contributed by atoms with Crippen molar-refractivity contribution in [2.24, 2.45) is 0 Å². The highest BCUT2D eigenvalue weighted by atomic mass is 15.2. The number of anilines is 2. The van der Waals surface area contributed by atoms with E-state index in [2.05, 4.69) is 60.1 Å². The summed E-state index contributed by atoms with van der Waals surface area (Å²) in [6.45, 7) is 8.92. The Bertz CT molecular complexity index is 389. The van der Waals surface area contributed by atoms with E-state index in [1.807, 2.05) is 6.92 Å². The Morgan fingerprint density at radius 2 is 1.72 bits per heavy atom. The predicted molar refractivity (Wildman–Crippen MR) is 77.5 cm³/mol. The number of likely N-dealkylation sites (N-methyl/N-ethyl adjacent to an activating group) is 2. The van der Waals surface area contributed by atoms with Crippen LogP contribution in [-0.2, 0) is 0 Å². The van der Waals surface area contributed by atoms with Crippen LogP contribution in [0.25, 0.3) is 0 Å². The Hall–Kier alpha value is -1.36. The molecule has 0 fully saturated rings. The summed E-state index contributed by atoms with van der Waals surface area (Å²) in [4.78, 5) is 13.3. The summed E-state index contributed by atoms with van der Waals surface area (Å²) in [6.07, 6.45) is 0. The van der Waals surface area contributed by atoms with Crippen LogP contribution in [0.2, 0.25) is 0 Å². The maximum absolute atomic E-state index is 4.55. The fraction of sp³-hybridized carbons (Fsp3) is 0.692. The average Bonchev–Trinajstić information content (AvgIpc) is 2.30. The fourth-order valence-corrected chi connectivity index (χ4v) is 1.78. The van der Waals surface area contributed by atoms with Crippen molar-refractivity contribution >= 4 is 11.6 Å². The summed E-state index contributed by atoms with van der Waals surface area (Å²) >= 11 is 0. The molecule has 0 saturated heterocycles. The van der Waals surface area contributed by atoms with Gasteiger partial charge in [-0.2, -0.15) is 0 Å². The van der Waals surface area contributed by atoms with Gasteiger partial charge in [-0.15, -0.1) is 0 Å². The Morgan fingerprint density at radius 1 is 1.06 bits per heavy atom. The van der Waals surface area contributed by atoms with Gasteiger partial charge < -0.3 is 15.1 Å². The van der Waals surface area contributed by atoms with E-state index in [0.717, 1.165) is 42.7 Å². The first-order chi connectivity index (χ1) is 8.45. The molecule has 0 spiro atoms. The fourth-order valence-electron chi connectivity index (χ4n) is 1.78. The smallest absolute Gasteiger partial charge is 0.137 e. The van der Waals surface area contributed by atoms with Crippen molar-refractivity contribution in [1.82, 2.24) is 14.9 Å². The van der Waals surface area contributed by atoms with Crippen LogP contribution in [0, 0.1) is 13.8 Å². The van der Waals surface area contributed by atoms with Gasteiger partial charge >= 0.3 is 0 Å².